The van der Waals surface area contributed by atoms with Crippen LogP contribution in [-0.4, -0.2) is 48.7 Å². The van der Waals surface area contributed by atoms with Gasteiger partial charge >= 0.3 is 18.0 Å². The molecule has 1 aliphatic rings. The number of hydrogen-bond acceptors (Lipinski definition) is 4. The van der Waals surface area contributed by atoms with E-state index in [0.717, 1.165) is 22.3 Å². The number of carboxylic acid groups (broad SMARTS) is 1. The van der Waals surface area contributed by atoms with E-state index < -0.39 is 35.9 Å². The van der Waals surface area contributed by atoms with Crippen LogP contribution in [-0.2, 0) is 14.3 Å². The Kier molecular flexibility index (Phi) is 7.54. The number of amides is 2. The van der Waals surface area contributed by atoms with Gasteiger partial charge in [0, 0.05) is 12.5 Å². The maximum Gasteiger partial charge on any atom is 0.407 e. The second-order valence-electron chi connectivity index (χ2n) is 8.36. The summed E-state index contributed by atoms with van der Waals surface area (Å²) in [5.74, 6) is -7.27. The lowest BCUT2D eigenvalue weighted by Crippen LogP contribution is -2.51. The van der Waals surface area contributed by atoms with Crippen LogP contribution < -0.4 is 10.6 Å². The van der Waals surface area contributed by atoms with Gasteiger partial charge in [-0.1, -0.05) is 62.4 Å². The zero-order valence-electron chi connectivity index (χ0n) is 19.1. The molecule has 0 aliphatic heterocycles. The number of ether oxygens (including phenoxy) is 1. The molecule has 3 N–H and O–H groups in total. The van der Waals surface area contributed by atoms with Gasteiger partial charge in [0.15, 0.2) is 0 Å². The van der Waals surface area contributed by atoms with Crippen molar-refractivity contribution in [3.05, 3.63) is 59.7 Å². The third-order valence-electron chi connectivity index (χ3n) is 6.53. The lowest BCUT2D eigenvalue weighted by Gasteiger charge is -2.30. The van der Waals surface area contributed by atoms with Crippen LogP contribution >= 0.6 is 0 Å². The highest BCUT2D eigenvalue weighted by molar-refractivity contribution is 5.85. The van der Waals surface area contributed by atoms with Crippen LogP contribution in [0.4, 0.5) is 13.6 Å². The van der Waals surface area contributed by atoms with Crippen molar-refractivity contribution in [3.8, 4) is 11.1 Å². The van der Waals surface area contributed by atoms with Crippen molar-refractivity contribution >= 4 is 18.0 Å². The van der Waals surface area contributed by atoms with Gasteiger partial charge in [-0.2, -0.15) is 8.78 Å². The standard InChI is InChI=1S/C25H28F2N2O5/c1-3-24(4-2,21(30)28-15-25(26,27)22(31)32)14-29-23(33)34-13-20-18-11-7-5-9-16(18)17-10-6-8-12-19(17)20/h5-12,20H,3-4,13-15H2,1-2H3,(H,28,30)(H,29,33)(H,31,32). The summed E-state index contributed by atoms with van der Waals surface area (Å²) in [6.07, 6.45) is -0.230. The second kappa shape index (κ2) is 10.2. The molecule has 182 valence electrons. The third-order valence-corrected chi connectivity index (χ3v) is 6.53. The number of aliphatic carboxylic acids is 1. The normalized spacial score (nSPS) is 13.1. The van der Waals surface area contributed by atoms with Gasteiger partial charge in [-0.15, -0.1) is 0 Å². The Morgan fingerprint density at radius 2 is 1.44 bits per heavy atom. The summed E-state index contributed by atoms with van der Waals surface area (Å²) in [6, 6.07) is 15.8. The van der Waals surface area contributed by atoms with Gasteiger partial charge in [-0.05, 0) is 35.1 Å². The van der Waals surface area contributed by atoms with Crippen molar-refractivity contribution in [2.45, 2.75) is 38.5 Å². The average Bonchev–Trinajstić information content (AvgIpc) is 3.16. The molecule has 0 heterocycles. The van der Waals surface area contributed by atoms with E-state index in [1.54, 1.807) is 13.8 Å². The Morgan fingerprint density at radius 1 is 0.912 bits per heavy atom. The highest BCUT2D eigenvalue weighted by Gasteiger charge is 2.42. The molecule has 0 radical (unpaired) electrons. The molecule has 2 aromatic rings. The van der Waals surface area contributed by atoms with Crippen molar-refractivity contribution in [2.75, 3.05) is 19.7 Å². The zero-order valence-corrected chi connectivity index (χ0v) is 19.1. The topological polar surface area (TPSA) is 105 Å². The molecule has 7 nitrogen and oxygen atoms in total. The predicted octanol–water partition coefficient (Wildman–Crippen LogP) is 4.17. The van der Waals surface area contributed by atoms with Crippen molar-refractivity contribution in [1.29, 1.82) is 0 Å². The summed E-state index contributed by atoms with van der Waals surface area (Å²) in [5, 5.41) is 13.1. The van der Waals surface area contributed by atoms with Crippen molar-refractivity contribution in [2.24, 2.45) is 5.41 Å². The number of alkyl carbamates (subject to hydrolysis) is 1. The van der Waals surface area contributed by atoms with Gasteiger partial charge < -0.3 is 20.5 Å². The first-order valence-corrected chi connectivity index (χ1v) is 11.1. The molecule has 1 aliphatic carbocycles. The van der Waals surface area contributed by atoms with Gasteiger partial charge in [0.05, 0.1) is 12.0 Å². The van der Waals surface area contributed by atoms with Gasteiger partial charge in [0.2, 0.25) is 5.91 Å². The van der Waals surface area contributed by atoms with E-state index in [-0.39, 0.29) is 31.9 Å². The monoisotopic (exact) mass is 474 g/mol. The van der Waals surface area contributed by atoms with Crippen LogP contribution in [0.1, 0.15) is 43.7 Å². The molecular weight excluding hydrogens is 446 g/mol. The van der Waals surface area contributed by atoms with E-state index in [0.29, 0.717) is 0 Å². The van der Waals surface area contributed by atoms with E-state index in [4.69, 9.17) is 9.84 Å². The fourth-order valence-electron chi connectivity index (χ4n) is 4.25. The highest BCUT2D eigenvalue weighted by atomic mass is 19.3. The number of alkyl halides is 2. The maximum atomic E-state index is 13.4. The lowest BCUT2D eigenvalue weighted by atomic mass is 9.81. The highest BCUT2D eigenvalue weighted by Crippen LogP contribution is 2.44. The number of halogens is 2. The molecule has 0 unspecified atom stereocenters. The molecule has 0 fully saturated rings. The minimum Gasteiger partial charge on any atom is -0.477 e. The molecular formula is C25H28F2N2O5. The number of benzene rings is 2. The molecule has 0 atom stereocenters. The van der Waals surface area contributed by atoms with Crippen LogP contribution in [0.3, 0.4) is 0 Å². The van der Waals surface area contributed by atoms with Crippen LogP contribution in [0.2, 0.25) is 0 Å². The summed E-state index contributed by atoms with van der Waals surface area (Å²) in [7, 11) is 0. The van der Waals surface area contributed by atoms with Crippen molar-refractivity contribution in [3.63, 3.8) is 0 Å². The molecule has 2 aromatic carbocycles. The number of rotatable bonds is 10. The van der Waals surface area contributed by atoms with E-state index >= 15 is 0 Å². The Balaban J connectivity index is 1.61. The summed E-state index contributed by atoms with van der Waals surface area (Å²) in [5.41, 5.74) is 3.13. The summed E-state index contributed by atoms with van der Waals surface area (Å²) in [4.78, 5) is 35.7. The van der Waals surface area contributed by atoms with E-state index in [1.165, 1.54) is 0 Å². The number of carbonyl (C=O) groups excluding carboxylic acids is 2. The van der Waals surface area contributed by atoms with Gasteiger partial charge in [-0.25, -0.2) is 9.59 Å². The van der Waals surface area contributed by atoms with E-state index in [2.05, 4.69) is 5.32 Å². The molecule has 0 aromatic heterocycles. The molecule has 0 saturated heterocycles. The molecule has 9 heteroatoms. The van der Waals surface area contributed by atoms with Crippen LogP contribution in [0, 0.1) is 5.41 Å². The van der Waals surface area contributed by atoms with E-state index in [1.807, 2.05) is 53.8 Å². The number of carboxylic acids is 1. The predicted molar refractivity (Wildman–Crippen MR) is 122 cm³/mol. The molecule has 2 amide bonds. The largest absolute Gasteiger partial charge is 0.477 e. The summed E-state index contributed by atoms with van der Waals surface area (Å²) >= 11 is 0. The fraction of sp³-hybridized carbons (Fsp3) is 0.400. The summed E-state index contributed by atoms with van der Waals surface area (Å²) < 4.78 is 32.2. The average molecular weight is 475 g/mol. The Labute approximate surface area is 196 Å². The van der Waals surface area contributed by atoms with Gasteiger partial charge in [-0.3, -0.25) is 4.79 Å². The smallest absolute Gasteiger partial charge is 0.407 e. The van der Waals surface area contributed by atoms with Crippen LogP contribution in [0.5, 0.6) is 0 Å². The first-order valence-electron chi connectivity index (χ1n) is 11.1. The molecule has 0 saturated carbocycles. The number of carbonyl (C=O) groups is 3. The minimum atomic E-state index is -4.08. The number of nitrogens with one attached hydrogen (secondary N) is 2. The Bertz CT molecular complexity index is 1020. The van der Waals surface area contributed by atoms with E-state index in [9.17, 15) is 23.2 Å². The third kappa shape index (κ3) is 5.03. The quantitative estimate of drug-likeness (QED) is 0.480. The Morgan fingerprint density at radius 3 is 1.94 bits per heavy atom. The van der Waals surface area contributed by atoms with Gasteiger partial charge in [0.25, 0.3) is 0 Å². The van der Waals surface area contributed by atoms with Crippen LogP contribution in [0.25, 0.3) is 11.1 Å². The molecule has 34 heavy (non-hydrogen) atoms. The first-order chi connectivity index (χ1) is 16.1. The lowest BCUT2D eigenvalue weighted by molar-refractivity contribution is -0.164. The molecule has 0 spiro atoms. The second-order valence-corrected chi connectivity index (χ2v) is 8.36. The number of fused-ring (bicyclic) bond motifs is 3. The number of hydrogen-bond donors (Lipinski definition) is 3. The Hall–Kier alpha value is -3.49. The van der Waals surface area contributed by atoms with Crippen LogP contribution in [0.15, 0.2) is 48.5 Å². The fourth-order valence-corrected chi connectivity index (χ4v) is 4.25. The molecule has 3 rings (SSSR count). The maximum absolute atomic E-state index is 13.4. The zero-order chi connectivity index (χ0) is 24.9. The van der Waals surface area contributed by atoms with Crippen molar-refractivity contribution in [1.82, 2.24) is 10.6 Å². The van der Waals surface area contributed by atoms with Crippen molar-refractivity contribution < 1.29 is 33.0 Å². The molecule has 0 bridgehead atoms. The summed E-state index contributed by atoms with van der Waals surface area (Å²) in [6.45, 7) is 2.02. The minimum absolute atomic E-state index is 0.0993. The first kappa shape index (κ1) is 25.1. The van der Waals surface area contributed by atoms with Gasteiger partial charge in [0.1, 0.15) is 6.61 Å². The SMILES string of the molecule is CCC(CC)(CNC(=O)OCC1c2ccccc2-c2ccccc21)C(=O)NCC(F)(F)C(=O)O.